The van der Waals surface area contributed by atoms with Crippen molar-refractivity contribution in [3.05, 3.63) is 126 Å². The Balaban J connectivity index is 1.59. The van der Waals surface area contributed by atoms with E-state index in [0.717, 1.165) is 28.5 Å². The number of allylic oxidation sites excluding steroid dienone is 4. The molecular formula is C40H34N2. The number of rotatable bonds is 7. The van der Waals surface area contributed by atoms with Gasteiger partial charge in [-0.2, -0.15) is 0 Å². The molecule has 204 valence electrons. The standard InChI is InChI=1S/C40H34N2/c1-5-8-16-37(42)38-25(7-3)24(6-2)26(15-11-12-23(4)41)33-21-34-31-19-17-29-27-13-9-10-14-28(27)30-18-20-32(40(31)39(29)30)35(34)22-36(33)38/h5-14,16-23H,2-3,15,41-42H2,1,4H3/b8-5-,12-11-,37-16-. The van der Waals surface area contributed by atoms with Crippen LogP contribution in [0.4, 0.5) is 0 Å². The Bertz CT molecular complexity index is 2050. The SMILES string of the molecule is C=Cc1c(C=C)c(/C(N)=C/C=C\C)c2cc3c(cc2c1C/C=C\C(C)N)-c1ccc2c4c(ccc-3c14)-c1ccccc1-2. The quantitative estimate of drug-likeness (QED) is 0.156. The molecule has 0 fully saturated rings. The van der Waals surface area contributed by atoms with Crippen molar-refractivity contribution in [1.82, 2.24) is 0 Å². The van der Waals surface area contributed by atoms with Gasteiger partial charge in [-0.3, -0.25) is 0 Å². The minimum absolute atomic E-state index is 0.0145. The van der Waals surface area contributed by atoms with E-state index in [1.807, 2.05) is 44.2 Å². The van der Waals surface area contributed by atoms with Gasteiger partial charge < -0.3 is 11.5 Å². The summed E-state index contributed by atoms with van der Waals surface area (Å²) in [7, 11) is 0. The van der Waals surface area contributed by atoms with Crippen molar-refractivity contribution in [3.63, 3.8) is 0 Å². The van der Waals surface area contributed by atoms with E-state index in [9.17, 15) is 0 Å². The Morgan fingerprint density at radius 3 is 1.83 bits per heavy atom. The first kappa shape index (κ1) is 26.0. The van der Waals surface area contributed by atoms with Crippen LogP contribution >= 0.6 is 0 Å². The monoisotopic (exact) mass is 542 g/mol. The molecule has 2 heteroatoms. The van der Waals surface area contributed by atoms with Crippen molar-refractivity contribution < 1.29 is 0 Å². The first-order valence-electron chi connectivity index (χ1n) is 14.6. The number of fused-ring (bicyclic) bond motifs is 7. The highest BCUT2D eigenvalue weighted by atomic mass is 14.6. The molecule has 0 aliphatic heterocycles. The van der Waals surface area contributed by atoms with Crippen LogP contribution < -0.4 is 11.5 Å². The Hall–Kier alpha value is -4.92. The smallest absolute Gasteiger partial charge is 0.0400 e. The molecule has 0 heterocycles. The predicted molar refractivity (Wildman–Crippen MR) is 184 cm³/mol. The van der Waals surface area contributed by atoms with Crippen molar-refractivity contribution in [1.29, 1.82) is 0 Å². The third kappa shape index (κ3) is 3.62. The third-order valence-corrected chi connectivity index (χ3v) is 8.81. The molecule has 0 saturated carbocycles. The minimum atomic E-state index is -0.0145. The summed E-state index contributed by atoms with van der Waals surface area (Å²) < 4.78 is 0. The molecular weight excluding hydrogens is 508 g/mol. The summed E-state index contributed by atoms with van der Waals surface area (Å²) in [5.74, 6) is 0. The molecule has 7 rings (SSSR count). The topological polar surface area (TPSA) is 52.0 Å². The number of benzene rings is 5. The summed E-state index contributed by atoms with van der Waals surface area (Å²) in [4.78, 5) is 0. The highest BCUT2D eigenvalue weighted by molar-refractivity contribution is 6.27. The van der Waals surface area contributed by atoms with E-state index >= 15 is 0 Å². The molecule has 5 aromatic carbocycles. The summed E-state index contributed by atoms with van der Waals surface area (Å²) in [5, 5.41) is 5.01. The molecule has 5 aromatic rings. The van der Waals surface area contributed by atoms with Gasteiger partial charge in [-0.15, -0.1) is 0 Å². The van der Waals surface area contributed by atoms with Crippen LogP contribution in [0.1, 0.15) is 36.1 Å². The molecule has 2 aliphatic carbocycles. The van der Waals surface area contributed by atoms with Gasteiger partial charge in [-0.05, 0) is 121 Å². The van der Waals surface area contributed by atoms with Crippen molar-refractivity contribution in [2.45, 2.75) is 26.3 Å². The van der Waals surface area contributed by atoms with Gasteiger partial charge in [0.1, 0.15) is 0 Å². The van der Waals surface area contributed by atoms with Gasteiger partial charge in [0.2, 0.25) is 0 Å². The van der Waals surface area contributed by atoms with E-state index in [1.165, 1.54) is 66.2 Å². The average molecular weight is 543 g/mol. The first-order chi connectivity index (χ1) is 20.5. The largest absolute Gasteiger partial charge is 0.398 e. The van der Waals surface area contributed by atoms with Crippen LogP contribution in [0.5, 0.6) is 0 Å². The van der Waals surface area contributed by atoms with Gasteiger partial charge in [0, 0.05) is 17.3 Å². The fourth-order valence-corrected chi connectivity index (χ4v) is 7.10. The van der Waals surface area contributed by atoms with Crippen LogP contribution in [-0.4, -0.2) is 6.04 Å². The highest BCUT2D eigenvalue weighted by Crippen LogP contribution is 2.57. The highest BCUT2D eigenvalue weighted by Gasteiger charge is 2.30. The zero-order valence-corrected chi connectivity index (χ0v) is 24.2. The molecule has 2 nitrogen and oxygen atoms in total. The van der Waals surface area contributed by atoms with E-state index in [4.69, 9.17) is 11.5 Å². The normalized spacial score (nSPS) is 13.8. The lowest BCUT2D eigenvalue weighted by Gasteiger charge is -2.21. The lowest BCUT2D eigenvalue weighted by molar-refractivity contribution is 0.920. The van der Waals surface area contributed by atoms with E-state index in [0.29, 0.717) is 5.70 Å². The number of nitrogens with two attached hydrogens (primary N) is 2. The zero-order valence-electron chi connectivity index (χ0n) is 24.2. The summed E-state index contributed by atoms with van der Waals surface area (Å²) >= 11 is 0. The molecule has 1 unspecified atom stereocenters. The van der Waals surface area contributed by atoms with Gasteiger partial charge in [0.25, 0.3) is 0 Å². The third-order valence-electron chi connectivity index (χ3n) is 8.81. The molecule has 0 aromatic heterocycles. The molecule has 4 N–H and O–H groups in total. The molecule has 0 bridgehead atoms. The van der Waals surface area contributed by atoms with Gasteiger partial charge in [0.15, 0.2) is 0 Å². The summed E-state index contributed by atoms with van der Waals surface area (Å²) in [6.07, 6.45) is 14.8. The van der Waals surface area contributed by atoms with Crippen LogP contribution in [0.15, 0.2) is 104 Å². The van der Waals surface area contributed by atoms with Gasteiger partial charge in [0.05, 0.1) is 0 Å². The maximum atomic E-state index is 6.84. The van der Waals surface area contributed by atoms with Gasteiger partial charge in [-0.1, -0.05) is 98.1 Å². The molecule has 1 atom stereocenters. The summed E-state index contributed by atoms with van der Waals surface area (Å²) in [6.45, 7) is 12.4. The summed E-state index contributed by atoms with van der Waals surface area (Å²) in [6, 6.07) is 22.7. The van der Waals surface area contributed by atoms with E-state index in [2.05, 4.69) is 86.0 Å². The van der Waals surface area contributed by atoms with E-state index in [1.54, 1.807) is 0 Å². The van der Waals surface area contributed by atoms with Crippen molar-refractivity contribution in [3.8, 4) is 44.5 Å². The van der Waals surface area contributed by atoms with Crippen LogP contribution in [0.25, 0.3) is 83.9 Å². The van der Waals surface area contributed by atoms with E-state index < -0.39 is 0 Å². The predicted octanol–water partition coefficient (Wildman–Crippen LogP) is 9.90. The average Bonchev–Trinajstić information content (AvgIpc) is 3.50. The molecule has 42 heavy (non-hydrogen) atoms. The molecule has 2 aliphatic rings. The Morgan fingerprint density at radius 2 is 1.31 bits per heavy atom. The number of hydrogen-bond acceptors (Lipinski definition) is 2. The second-order valence-electron chi connectivity index (χ2n) is 11.3. The second-order valence-corrected chi connectivity index (χ2v) is 11.3. The Labute approximate surface area is 247 Å². The van der Waals surface area contributed by atoms with Crippen LogP contribution in [0.3, 0.4) is 0 Å². The Morgan fingerprint density at radius 1 is 0.762 bits per heavy atom. The lowest BCUT2D eigenvalue weighted by Crippen LogP contribution is -2.10. The lowest BCUT2D eigenvalue weighted by atomic mass is 9.84. The minimum Gasteiger partial charge on any atom is -0.398 e. The second kappa shape index (κ2) is 9.87. The molecule has 0 spiro atoms. The van der Waals surface area contributed by atoms with Crippen molar-refractivity contribution in [2.24, 2.45) is 11.5 Å². The maximum absolute atomic E-state index is 6.84. The van der Waals surface area contributed by atoms with Crippen molar-refractivity contribution >= 4 is 39.4 Å². The van der Waals surface area contributed by atoms with Crippen LogP contribution in [-0.2, 0) is 6.42 Å². The fourth-order valence-electron chi connectivity index (χ4n) is 7.10. The molecule has 0 radical (unpaired) electrons. The fraction of sp³-hybridized carbons (Fsp3) is 0.100. The molecule has 0 saturated heterocycles. The van der Waals surface area contributed by atoms with Gasteiger partial charge in [-0.25, -0.2) is 0 Å². The molecule has 0 amide bonds. The van der Waals surface area contributed by atoms with Crippen LogP contribution in [0.2, 0.25) is 0 Å². The van der Waals surface area contributed by atoms with Crippen LogP contribution in [0, 0.1) is 0 Å². The zero-order chi connectivity index (χ0) is 29.1. The number of hydrogen-bond donors (Lipinski definition) is 2. The van der Waals surface area contributed by atoms with Crippen molar-refractivity contribution in [2.75, 3.05) is 0 Å². The summed E-state index contributed by atoms with van der Waals surface area (Å²) in [5.41, 5.74) is 28.3. The maximum Gasteiger partial charge on any atom is 0.0400 e. The first-order valence-corrected chi connectivity index (χ1v) is 14.6. The Kier molecular flexibility index (Phi) is 6.11. The van der Waals surface area contributed by atoms with Gasteiger partial charge >= 0.3 is 0 Å². The van der Waals surface area contributed by atoms with E-state index in [-0.39, 0.29) is 6.04 Å².